The van der Waals surface area contributed by atoms with Gasteiger partial charge in [0.15, 0.2) is 0 Å². The number of hydrogen-bond acceptors (Lipinski definition) is 4. The molecule has 19 heavy (non-hydrogen) atoms. The number of ether oxygens (including phenoxy) is 1. The van der Waals surface area contributed by atoms with Gasteiger partial charge in [-0.2, -0.15) is 0 Å². The lowest BCUT2D eigenvalue weighted by Crippen LogP contribution is -2.36. The molecule has 0 unspecified atom stereocenters. The molecule has 0 aromatic carbocycles. The van der Waals surface area contributed by atoms with Gasteiger partial charge in [-0.3, -0.25) is 4.98 Å². The molecule has 1 aromatic rings. The summed E-state index contributed by atoms with van der Waals surface area (Å²) in [6, 6.07) is 4.31. The molecule has 2 rings (SSSR count). The number of nitrogens with zero attached hydrogens (tertiary/aromatic N) is 2. The van der Waals surface area contributed by atoms with Crippen LogP contribution in [0.4, 0.5) is 5.69 Å². The summed E-state index contributed by atoms with van der Waals surface area (Å²) >= 11 is 0. The maximum Gasteiger partial charge on any atom is 0.0605 e. The van der Waals surface area contributed by atoms with Crippen molar-refractivity contribution in [3.63, 3.8) is 0 Å². The van der Waals surface area contributed by atoms with Gasteiger partial charge in [-0.05, 0) is 37.9 Å². The Labute approximate surface area is 116 Å². The van der Waals surface area contributed by atoms with Crippen molar-refractivity contribution in [1.82, 2.24) is 10.3 Å². The third-order valence-corrected chi connectivity index (χ3v) is 3.67. The van der Waals surface area contributed by atoms with E-state index in [9.17, 15) is 0 Å². The normalized spacial score (nSPS) is 16.8. The van der Waals surface area contributed by atoms with Gasteiger partial charge in [0.2, 0.25) is 0 Å². The number of methoxy groups -OCH3 is 1. The van der Waals surface area contributed by atoms with E-state index in [0.29, 0.717) is 6.10 Å². The number of aromatic nitrogens is 1. The molecule has 106 valence electrons. The van der Waals surface area contributed by atoms with E-state index in [1.54, 1.807) is 0 Å². The Morgan fingerprint density at radius 1 is 1.42 bits per heavy atom. The lowest BCUT2D eigenvalue weighted by atomic mass is 10.1. The van der Waals surface area contributed by atoms with Crippen molar-refractivity contribution in [3.05, 3.63) is 24.0 Å². The molecule has 1 N–H and O–H groups in total. The first-order chi connectivity index (χ1) is 9.33. The second-order valence-corrected chi connectivity index (χ2v) is 5.10. The summed E-state index contributed by atoms with van der Waals surface area (Å²) in [4.78, 5) is 6.85. The van der Waals surface area contributed by atoms with E-state index in [0.717, 1.165) is 51.1 Å². The predicted octanol–water partition coefficient (Wildman–Crippen LogP) is 2.20. The Bertz CT molecular complexity index is 375. The second kappa shape index (κ2) is 7.46. The van der Waals surface area contributed by atoms with Crippen LogP contribution in [0.25, 0.3) is 0 Å². The Kier molecular flexibility index (Phi) is 5.61. The van der Waals surface area contributed by atoms with Gasteiger partial charge >= 0.3 is 0 Å². The molecule has 1 saturated heterocycles. The van der Waals surface area contributed by atoms with Crippen molar-refractivity contribution in [3.8, 4) is 0 Å². The quantitative estimate of drug-likeness (QED) is 0.798. The van der Waals surface area contributed by atoms with Crippen molar-refractivity contribution in [2.24, 2.45) is 0 Å². The summed E-state index contributed by atoms with van der Waals surface area (Å²) in [5.41, 5.74) is 2.41. The number of nitrogens with one attached hydrogen (secondary N) is 1. The molecule has 2 heterocycles. The van der Waals surface area contributed by atoms with E-state index < -0.39 is 0 Å². The Morgan fingerprint density at radius 2 is 2.21 bits per heavy atom. The van der Waals surface area contributed by atoms with Crippen LogP contribution >= 0.6 is 0 Å². The molecule has 0 aliphatic carbocycles. The van der Waals surface area contributed by atoms with E-state index in [4.69, 9.17) is 4.74 Å². The fraction of sp³-hybridized carbons (Fsp3) is 0.667. The zero-order valence-corrected chi connectivity index (χ0v) is 12.1. The van der Waals surface area contributed by atoms with Gasteiger partial charge in [0.1, 0.15) is 0 Å². The first-order valence-electron chi connectivity index (χ1n) is 7.27. The Balaban J connectivity index is 1.91. The summed E-state index contributed by atoms with van der Waals surface area (Å²) in [6.07, 6.45) is 5.74. The molecule has 0 spiro atoms. The van der Waals surface area contributed by atoms with E-state index in [1.165, 1.54) is 5.69 Å². The molecule has 4 nitrogen and oxygen atoms in total. The largest absolute Gasteiger partial charge is 0.381 e. The molecule has 1 fully saturated rings. The van der Waals surface area contributed by atoms with Crippen molar-refractivity contribution >= 4 is 5.69 Å². The first-order valence-corrected chi connectivity index (χ1v) is 7.27. The van der Waals surface area contributed by atoms with Crippen molar-refractivity contribution < 1.29 is 4.74 Å². The standard InChI is InChI=1S/C15H25N3O/c1-3-7-16-12-13-11-14(4-8-17-13)18-9-5-15(19-2)6-10-18/h4,8,11,15-16H,3,5-7,9-10,12H2,1-2H3. The minimum Gasteiger partial charge on any atom is -0.381 e. The maximum absolute atomic E-state index is 5.42. The number of rotatable bonds is 6. The van der Waals surface area contributed by atoms with Gasteiger partial charge in [-0.25, -0.2) is 0 Å². The van der Waals surface area contributed by atoms with Crippen LogP contribution in [0.3, 0.4) is 0 Å². The van der Waals surface area contributed by atoms with Crippen LogP contribution in [-0.2, 0) is 11.3 Å². The van der Waals surface area contributed by atoms with Crippen molar-refractivity contribution in [2.45, 2.75) is 38.8 Å². The van der Waals surface area contributed by atoms with E-state index in [1.807, 2.05) is 13.3 Å². The summed E-state index contributed by atoms with van der Waals surface area (Å²) < 4.78 is 5.42. The van der Waals surface area contributed by atoms with Crippen LogP contribution in [0.1, 0.15) is 31.9 Å². The summed E-state index contributed by atoms with van der Waals surface area (Å²) in [7, 11) is 1.81. The molecule has 0 atom stereocenters. The lowest BCUT2D eigenvalue weighted by Gasteiger charge is -2.33. The lowest BCUT2D eigenvalue weighted by molar-refractivity contribution is 0.0819. The number of piperidine rings is 1. The summed E-state index contributed by atoms with van der Waals surface area (Å²) in [6.45, 7) is 6.23. The van der Waals surface area contributed by atoms with E-state index in [-0.39, 0.29) is 0 Å². The van der Waals surface area contributed by atoms with Crippen LogP contribution in [-0.4, -0.2) is 37.8 Å². The number of anilines is 1. The third-order valence-electron chi connectivity index (χ3n) is 3.67. The molecule has 1 aliphatic rings. The molecular formula is C15H25N3O. The van der Waals surface area contributed by atoms with E-state index in [2.05, 4.69) is 34.3 Å². The zero-order chi connectivity index (χ0) is 13.5. The van der Waals surface area contributed by atoms with Crippen molar-refractivity contribution in [1.29, 1.82) is 0 Å². The minimum atomic E-state index is 0.434. The van der Waals surface area contributed by atoms with Crippen LogP contribution < -0.4 is 10.2 Å². The van der Waals surface area contributed by atoms with Gasteiger partial charge in [0.25, 0.3) is 0 Å². The zero-order valence-electron chi connectivity index (χ0n) is 12.1. The average Bonchev–Trinajstić information content (AvgIpc) is 2.48. The highest BCUT2D eigenvalue weighted by Crippen LogP contribution is 2.21. The van der Waals surface area contributed by atoms with Gasteiger partial charge in [-0.1, -0.05) is 6.92 Å². The van der Waals surface area contributed by atoms with Crippen molar-refractivity contribution in [2.75, 3.05) is 31.6 Å². The van der Waals surface area contributed by atoms with Gasteiger partial charge in [-0.15, -0.1) is 0 Å². The first kappa shape index (κ1) is 14.3. The summed E-state index contributed by atoms with van der Waals surface area (Å²) in [5, 5.41) is 3.40. The highest BCUT2D eigenvalue weighted by Gasteiger charge is 2.18. The van der Waals surface area contributed by atoms with Crippen LogP contribution in [0.15, 0.2) is 18.3 Å². The van der Waals surface area contributed by atoms with Gasteiger partial charge < -0.3 is 15.0 Å². The van der Waals surface area contributed by atoms with E-state index >= 15 is 0 Å². The number of hydrogen-bond donors (Lipinski definition) is 1. The SMILES string of the molecule is CCCNCc1cc(N2CCC(OC)CC2)ccn1. The summed E-state index contributed by atoms with van der Waals surface area (Å²) in [5.74, 6) is 0. The minimum absolute atomic E-state index is 0.434. The molecule has 4 heteroatoms. The average molecular weight is 263 g/mol. The molecular weight excluding hydrogens is 238 g/mol. The number of pyridine rings is 1. The fourth-order valence-electron chi connectivity index (χ4n) is 2.50. The van der Waals surface area contributed by atoms with Gasteiger partial charge in [0, 0.05) is 38.6 Å². The maximum atomic E-state index is 5.42. The fourth-order valence-corrected chi connectivity index (χ4v) is 2.50. The van der Waals surface area contributed by atoms with Crippen LogP contribution in [0, 0.1) is 0 Å². The topological polar surface area (TPSA) is 37.4 Å². The molecule has 0 saturated carbocycles. The highest BCUT2D eigenvalue weighted by molar-refractivity contribution is 5.46. The van der Waals surface area contributed by atoms with Crippen LogP contribution in [0.5, 0.6) is 0 Å². The van der Waals surface area contributed by atoms with Crippen LogP contribution in [0.2, 0.25) is 0 Å². The molecule has 1 aliphatic heterocycles. The second-order valence-electron chi connectivity index (χ2n) is 5.10. The Hall–Kier alpha value is -1.13. The monoisotopic (exact) mass is 263 g/mol. The van der Waals surface area contributed by atoms with Gasteiger partial charge in [0.05, 0.1) is 11.8 Å². The highest BCUT2D eigenvalue weighted by atomic mass is 16.5. The molecule has 1 aromatic heterocycles. The smallest absolute Gasteiger partial charge is 0.0605 e. The molecule has 0 radical (unpaired) electrons. The predicted molar refractivity (Wildman–Crippen MR) is 78.5 cm³/mol. The Morgan fingerprint density at radius 3 is 2.89 bits per heavy atom. The molecule has 0 bridgehead atoms. The molecule has 0 amide bonds. The third kappa shape index (κ3) is 4.18.